The van der Waals surface area contributed by atoms with Gasteiger partial charge in [-0.3, -0.25) is 14.4 Å². The Bertz CT molecular complexity index is 1720. The van der Waals surface area contributed by atoms with Crippen LogP contribution in [0.1, 0.15) is 41.5 Å². The molecular formula is C28H23F6N5O5S2. The van der Waals surface area contributed by atoms with Gasteiger partial charge in [-0.25, -0.2) is 13.6 Å². The Hall–Kier alpha value is -4.42. The van der Waals surface area contributed by atoms with Gasteiger partial charge < -0.3 is 10.2 Å². The minimum absolute atomic E-state index is 0.0336. The lowest BCUT2D eigenvalue weighted by Crippen LogP contribution is -2.41. The normalized spacial score (nSPS) is 16.2. The first-order valence-electron chi connectivity index (χ1n) is 13.1. The Kier molecular flexibility index (Phi) is 10.1. The van der Waals surface area contributed by atoms with E-state index >= 15 is 0 Å². The van der Waals surface area contributed by atoms with Crippen LogP contribution in [0.4, 0.5) is 31.5 Å². The summed E-state index contributed by atoms with van der Waals surface area (Å²) in [4.78, 5) is 40.1. The molecule has 46 heavy (non-hydrogen) atoms. The first-order valence-corrected chi connectivity index (χ1v) is 15.5. The number of nitrogens with zero attached hydrogens (tertiary/aromatic N) is 3. The summed E-state index contributed by atoms with van der Waals surface area (Å²) >= 11 is 0.538. The highest BCUT2D eigenvalue weighted by atomic mass is 32.2. The van der Waals surface area contributed by atoms with E-state index in [-0.39, 0.29) is 59.8 Å². The molecule has 0 spiro atoms. The third-order valence-electron chi connectivity index (χ3n) is 6.51. The number of hydrogen-bond donors (Lipinski definition) is 2. The van der Waals surface area contributed by atoms with Gasteiger partial charge in [-0.15, -0.1) is 10.2 Å². The average Bonchev–Trinajstić information content (AvgIpc) is 3.44. The van der Waals surface area contributed by atoms with E-state index in [9.17, 15) is 49.1 Å². The van der Waals surface area contributed by atoms with Crippen molar-refractivity contribution in [1.82, 2.24) is 15.1 Å². The molecule has 0 atom stereocenters. The topological polar surface area (TPSA) is 152 Å². The summed E-state index contributed by atoms with van der Waals surface area (Å²) in [6.45, 7) is -0.424. The second-order valence-corrected chi connectivity index (χ2v) is 12.7. The Balaban J connectivity index is 1.50. The molecule has 0 radical (unpaired) electrons. The molecular weight excluding hydrogens is 664 g/mol. The van der Waals surface area contributed by atoms with E-state index in [2.05, 4.69) is 15.5 Å². The van der Waals surface area contributed by atoms with Crippen molar-refractivity contribution in [2.75, 3.05) is 18.4 Å². The Labute approximate surface area is 261 Å². The van der Waals surface area contributed by atoms with Crippen molar-refractivity contribution in [3.05, 3.63) is 81.9 Å². The molecule has 3 N–H and O–H groups in total. The maximum Gasteiger partial charge on any atom is 0.416 e. The monoisotopic (exact) mass is 687 g/mol. The second-order valence-electron chi connectivity index (χ2n) is 9.98. The van der Waals surface area contributed by atoms with E-state index < -0.39 is 55.4 Å². The van der Waals surface area contributed by atoms with Gasteiger partial charge in [-0.1, -0.05) is 35.6 Å². The number of rotatable bonds is 8. The minimum atomic E-state index is -4.57. The number of anilines is 1. The number of sulfonamides is 1. The molecule has 18 heteroatoms. The molecule has 0 bridgehead atoms. The highest BCUT2D eigenvalue weighted by Crippen LogP contribution is 2.31. The maximum atomic E-state index is 13.4. The standard InChI is InChI=1S/C28H23F6N5O5S2/c29-27(30,31)20-8-4-16(5-9-20)12-18-14-39(15-19(24(18)42)13-17-6-10-21(11-7-17)28(32,33)34)23(41)3-1-2-22(40)36-25-37-38-26(45-25)46(35,43)44/h4-13H,1-3,14-15H2,(H2,35,43,44)(H,36,37,40)/b18-12+,19-13+. The van der Waals surface area contributed by atoms with E-state index in [4.69, 9.17) is 5.14 Å². The summed E-state index contributed by atoms with van der Waals surface area (Å²) in [6, 6.07) is 7.98. The van der Waals surface area contributed by atoms with Gasteiger partial charge in [0.25, 0.3) is 10.0 Å². The highest BCUT2D eigenvalue weighted by molar-refractivity contribution is 7.91. The fraction of sp³-hybridized carbons (Fsp3) is 0.250. The molecule has 0 saturated carbocycles. The van der Waals surface area contributed by atoms with E-state index in [0.29, 0.717) is 11.3 Å². The number of aromatic nitrogens is 2. The lowest BCUT2D eigenvalue weighted by atomic mass is 9.93. The zero-order chi connectivity index (χ0) is 33.9. The molecule has 2 aromatic carbocycles. The van der Waals surface area contributed by atoms with E-state index in [1.165, 1.54) is 17.1 Å². The van der Waals surface area contributed by atoms with Crippen LogP contribution in [-0.2, 0) is 36.8 Å². The summed E-state index contributed by atoms with van der Waals surface area (Å²) in [7, 11) is -4.11. The van der Waals surface area contributed by atoms with Gasteiger partial charge in [0.15, 0.2) is 5.78 Å². The number of carbonyl (C=O) groups is 3. The summed E-state index contributed by atoms with van der Waals surface area (Å²) in [5, 5.41) is 14.1. The predicted octanol–water partition coefficient (Wildman–Crippen LogP) is 4.91. The Morgan fingerprint density at radius 3 is 1.74 bits per heavy atom. The molecule has 10 nitrogen and oxygen atoms in total. The van der Waals surface area contributed by atoms with E-state index in [1.807, 2.05) is 0 Å². The number of carbonyl (C=O) groups excluding carboxylic acids is 3. The smallest absolute Gasteiger partial charge is 0.334 e. The molecule has 0 aliphatic carbocycles. The lowest BCUT2D eigenvalue weighted by molar-refractivity contribution is -0.138. The molecule has 1 aliphatic rings. The van der Waals surface area contributed by atoms with Crippen molar-refractivity contribution in [2.24, 2.45) is 5.14 Å². The largest absolute Gasteiger partial charge is 0.416 e. The number of Topliss-reactive ketones (excluding diaryl/α,β-unsaturated/α-hetero) is 1. The third-order valence-corrected chi connectivity index (χ3v) is 8.66. The number of amides is 2. The SMILES string of the molecule is NS(=O)(=O)c1nnc(NC(=O)CCCC(=O)N2C/C(=C\c3ccc(C(F)(F)F)cc3)C(=O)/C(=C/c3ccc(C(F)(F)F)cc3)C2)s1. The van der Waals surface area contributed by atoms with Gasteiger partial charge >= 0.3 is 12.4 Å². The quantitative estimate of drug-likeness (QED) is 0.194. The van der Waals surface area contributed by atoms with Crippen LogP contribution in [0.3, 0.4) is 0 Å². The van der Waals surface area contributed by atoms with Crippen molar-refractivity contribution in [3.8, 4) is 0 Å². The zero-order valence-electron chi connectivity index (χ0n) is 23.4. The molecule has 1 saturated heterocycles. The average molecular weight is 688 g/mol. The number of halogens is 6. The Morgan fingerprint density at radius 2 is 1.33 bits per heavy atom. The zero-order valence-corrected chi connectivity index (χ0v) is 25.0. The summed E-state index contributed by atoms with van der Waals surface area (Å²) < 4.78 is 100. The fourth-order valence-electron chi connectivity index (χ4n) is 4.27. The number of primary sulfonamides is 1. The van der Waals surface area contributed by atoms with Gasteiger partial charge in [-0.05, 0) is 54.0 Å². The first-order chi connectivity index (χ1) is 21.4. The molecule has 3 aromatic rings. The van der Waals surface area contributed by atoms with E-state index in [1.54, 1.807) is 0 Å². The van der Waals surface area contributed by atoms with Crippen LogP contribution in [0, 0.1) is 0 Å². The van der Waals surface area contributed by atoms with Crippen molar-refractivity contribution >= 4 is 56.2 Å². The van der Waals surface area contributed by atoms with Crippen molar-refractivity contribution < 1.29 is 49.1 Å². The van der Waals surface area contributed by atoms with E-state index in [0.717, 1.165) is 48.5 Å². The van der Waals surface area contributed by atoms with Crippen molar-refractivity contribution in [2.45, 2.75) is 36.0 Å². The highest BCUT2D eigenvalue weighted by Gasteiger charge is 2.32. The Morgan fingerprint density at radius 1 is 0.848 bits per heavy atom. The number of hydrogen-bond acceptors (Lipinski definition) is 8. The molecule has 244 valence electrons. The molecule has 1 aliphatic heterocycles. The van der Waals surface area contributed by atoms with Crippen LogP contribution in [0.15, 0.2) is 64.0 Å². The van der Waals surface area contributed by atoms with Crippen LogP contribution in [-0.4, -0.2) is 54.2 Å². The summed E-state index contributed by atoms with van der Waals surface area (Å²) in [5.41, 5.74) is -1.19. The molecule has 2 heterocycles. The molecule has 1 aromatic heterocycles. The van der Waals surface area contributed by atoms with Crippen LogP contribution >= 0.6 is 11.3 Å². The van der Waals surface area contributed by atoms with Gasteiger partial charge in [0.2, 0.25) is 21.3 Å². The number of ketones is 1. The van der Waals surface area contributed by atoms with Gasteiger partial charge in [0, 0.05) is 37.1 Å². The second kappa shape index (κ2) is 13.5. The molecule has 1 fully saturated rings. The lowest BCUT2D eigenvalue weighted by Gasteiger charge is -2.30. The number of piperidine rings is 1. The van der Waals surface area contributed by atoms with Gasteiger partial charge in [-0.2, -0.15) is 26.3 Å². The van der Waals surface area contributed by atoms with Gasteiger partial charge in [0.05, 0.1) is 11.1 Å². The first kappa shape index (κ1) is 34.5. The van der Waals surface area contributed by atoms with Crippen LogP contribution in [0.2, 0.25) is 0 Å². The number of alkyl halides is 6. The number of nitrogens with two attached hydrogens (primary N) is 1. The molecule has 2 amide bonds. The van der Waals surface area contributed by atoms with Crippen molar-refractivity contribution in [3.63, 3.8) is 0 Å². The number of likely N-dealkylation sites (tertiary alicyclic amines) is 1. The maximum absolute atomic E-state index is 13.4. The van der Waals surface area contributed by atoms with Crippen molar-refractivity contribution in [1.29, 1.82) is 0 Å². The summed E-state index contributed by atoms with van der Waals surface area (Å²) in [6.07, 6.45) is -6.80. The van der Waals surface area contributed by atoms with Crippen LogP contribution in [0.25, 0.3) is 12.2 Å². The molecule has 4 rings (SSSR count). The van der Waals surface area contributed by atoms with Crippen LogP contribution < -0.4 is 10.5 Å². The predicted molar refractivity (Wildman–Crippen MR) is 154 cm³/mol. The molecule has 0 unspecified atom stereocenters. The minimum Gasteiger partial charge on any atom is -0.334 e. The number of nitrogens with one attached hydrogen (secondary N) is 1. The fourth-order valence-corrected chi connectivity index (χ4v) is 5.62. The third kappa shape index (κ3) is 9.07. The number of benzene rings is 2. The van der Waals surface area contributed by atoms with Gasteiger partial charge in [0.1, 0.15) is 0 Å². The van der Waals surface area contributed by atoms with Crippen LogP contribution in [0.5, 0.6) is 0 Å². The summed E-state index contributed by atoms with van der Waals surface area (Å²) in [5.74, 6) is -1.62.